The van der Waals surface area contributed by atoms with Gasteiger partial charge in [-0.15, -0.1) is 0 Å². The van der Waals surface area contributed by atoms with Crippen LogP contribution in [0.5, 0.6) is 0 Å². The number of guanidine groups is 1. The molecule has 2 aliphatic rings. The monoisotopic (exact) mass is 358 g/mol. The van der Waals surface area contributed by atoms with E-state index in [4.69, 9.17) is 0 Å². The standard InChI is InChI=1S/C17H34N4O2S/c1-13(2)16(21-8-5-14(3)6-9-21)11-19-17(18-4)20-15-7-10-24(22,23)12-15/h13-16H,5-12H2,1-4H3,(H2,18,19,20). The number of hydrogen-bond acceptors (Lipinski definition) is 4. The first-order valence-electron chi connectivity index (χ1n) is 9.22. The summed E-state index contributed by atoms with van der Waals surface area (Å²) in [6.45, 7) is 10.0. The first kappa shape index (κ1) is 19.5. The highest BCUT2D eigenvalue weighted by Crippen LogP contribution is 2.21. The largest absolute Gasteiger partial charge is 0.355 e. The number of nitrogens with one attached hydrogen (secondary N) is 2. The van der Waals surface area contributed by atoms with Gasteiger partial charge in [0, 0.05) is 25.7 Å². The van der Waals surface area contributed by atoms with Crippen molar-refractivity contribution in [1.82, 2.24) is 15.5 Å². The molecule has 2 atom stereocenters. The van der Waals surface area contributed by atoms with E-state index in [0.29, 0.717) is 24.3 Å². The molecule has 0 saturated carbocycles. The average molecular weight is 359 g/mol. The summed E-state index contributed by atoms with van der Waals surface area (Å²) in [6.07, 6.45) is 3.22. The summed E-state index contributed by atoms with van der Waals surface area (Å²) in [5.41, 5.74) is 0. The Labute approximate surface area is 147 Å². The van der Waals surface area contributed by atoms with Crippen LogP contribution >= 0.6 is 0 Å². The molecule has 0 bridgehead atoms. The SMILES string of the molecule is CN=C(NCC(C(C)C)N1CCC(C)CC1)NC1CCS(=O)(=O)C1. The zero-order valence-electron chi connectivity index (χ0n) is 15.6. The van der Waals surface area contributed by atoms with Gasteiger partial charge in [-0.2, -0.15) is 0 Å². The van der Waals surface area contributed by atoms with E-state index in [1.54, 1.807) is 7.05 Å². The van der Waals surface area contributed by atoms with Crippen LogP contribution in [0.4, 0.5) is 0 Å². The Morgan fingerprint density at radius 2 is 1.92 bits per heavy atom. The summed E-state index contributed by atoms with van der Waals surface area (Å²) in [5, 5.41) is 6.68. The van der Waals surface area contributed by atoms with Gasteiger partial charge < -0.3 is 10.6 Å². The predicted molar refractivity (Wildman–Crippen MR) is 100 cm³/mol. The number of sulfone groups is 1. The van der Waals surface area contributed by atoms with Gasteiger partial charge in [-0.3, -0.25) is 9.89 Å². The molecule has 2 fully saturated rings. The highest BCUT2D eigenvalue weighted by Gasteiger charge is 2.29. The maximum atomic E-state index is 11.6. The summed E-state index contributed by atoms with van der Waals surface area (Å²) in [7, 11) is -1.13. The normalized spacial score (nSPS) is 27.4. The number of rotatable bonds is 5. The average Bonchev–Trinajstić information content (AvgIpc) is 2.86. The Balaban J connectivity index is 1.85. The van der Waals surface area contributed by atoms with E-state index in [-0.39, 0.29) is 17.5 Å². The Hall–Kier alpha value is -0.820. The van der Waals surface area contributed by atoms with Gasteiger partial charge in [-0.05, 0) is 44.2 Å². The van der Waals surface area contributed by atoms with Crippen LogP contribution in [0, 0.1) is 11.8 Å². The molecule has 7 heteroatoms. The number of piperidine rings is 1. The van der Waals surface area contributed by atoms with E-state index in [0.717, 1.165) is 12.5 Å². The molecule has 0 aromatic carbocycles. The van der Waals surface area contributed by atoms with Gasteiger partial charge in [-0.25, -0.2) is 8.42 Å². The van der Waals surface area contributed by atoms with Gasteiger partial charge in [0.2, 0.25) is 0 Å². The second-order valence-electron chi connectivity index (χ2n) is 7.73. The first-order valence-corrected chi connectivity index (χ1v) is 11.0. The summed E-state index contributed by atoms with van der Waals surface area (Å²) in [5.74, 6) is 2.61. The van der Waals surface area contributed by atoms with Gasteiger partial charge >= 0.3 is 0 Å². The van der Waals surface area contributed by atoms with Crippen molar-refractivity contribution >= 4 is 15.8 Å². The molecule has 2 rings (SSSR count). The minimum atomic E-state index is -2.87. The lowest BCUT2D eigenvalue weighted by molar-refractivity contribution is 0.110. The van der Waals surface area contributed by atoms with Crippen molar-refractivity contribution in [1.29, 1.82) is 0 Å². The maximum absolute atomic E-state index is 11.6. The predicted octanol–water partition coefficient (Wildman–Crippen LogP) is 1.10. The second kappa shape index (κ2) is 8.52. The fourth-order valence-corrected chi connectivity index (χ4v) is 5.32. The topological polar surface area (TPSA) is 73.8 Å². The third-order valence-electron chi connectivity index (χ3n) is 5.33. The summed E-state index contributed by atoms with van der Waals surface area (Å²) in [4.78, 5) is 6.86. The highest BCUT2D eigenvalue weighted by molar-refractivity contribution is 7.91. The van der Waals surface area contributed by atoms with E-state index >= 15 is 0 Å². The molecule has 24 heavy (non-hydrogen) atoms. The summed E-state index contributed by atoms with van der Waals surface area (Å²) in [6, 6.07) is 0.456. The molecule has 2 aliphatic heterocycles. The lowest BCUT2D eigenvalue weighted by Gasteiger charge is -2.39. The van der Waals surface area contributed by atoms with Gasteiger partial charge in [0.1, 0.15) is 0 Å². The lowest BCUT2D eigenvalue weighted by Crippen LogP contribution is -2.52. The number of nitrogens with zero attached hydrogens (tertiary/aromatic N) is 2. The highest BCUT2D eigenvalue weighted by atomic mass is 32.2. The Morgan fingerprint density at radius 3 is 2.42 bits per heavy atom. The van der Waals surface area contributed by atoms with Crippen LogP contribution in [-0.2, 0) is 9.84 Å². The van der Waals surface area contributed by atoms with Gasteiger partial charge in [0.15, 0.2) is 15.8 Å². The van der Waals surface area contributed by atoms with Gasteiger partial charge in [0.25, 0.3) is 0 Å². The van der Waals surface area contributed by atoms with Crippen LogP contribution in [0.3, 0.4) is 0 Å². The van der Waals surface area contributed by atoms with Crippen molar-refractivity contribution in [2.75, 3.05) is 38.2 Å². The summed E-state index contributed by atoms with van der Waals surface area (Å²) < 4.78 is 23.2. The van der Waals surface area contributed by atoms with Crippen LogP contribution in [0.1, 0.15) is 40.0 Å². The van der Waals surface area contributed by atoms with E-state index in [1.807, 2.05) is 0 Å². The van der Waals surface area contributed by atoms with Gasteiger partial charge in [-0.1, -0.05) is 20.8 Å². The molecule has 2 saturated heterocycles. The van der Waals surface area contributed by atoms with E-state index in [9.17, 15) is 8.42 Å². The Kier molecular flexibility index (Phi) is 6.92. The van der Waals surface area contributed by atoms with Crippen molar-refractivity contribution < 1.29 is 8.42 Å². The molecule has 0 spiro atoms. The summed E-state index contributed by atoms with van der Waals surface area (Å²) >= 11 is 0. The van der Waals surface area contributed by atoms with E-state index in [2.05, 4.69) is 41.3 Å². The lowest BCUT2D eigenvalue weighted by atomic mass is 9.94. The zero-order chi connectivity index (χ0) is 17.7. The quantitative estimate of drug-likeness (QED) is 0.569. The molecule has 0 radical (unpaired) electrons. The smallest absolute Gasteiger partial charge is 0.191 e. The van der Waals surface area contributed by atoms with Crippen LogP contribution in [0.25, 0.3) is 0 Å². The molecule has 0 amide bonds. The Morgan fingerprint density at radius 1 is 1.25 bits per heavy atom. The van der Waals surface area contributed by atoms with Gasteiger partial charge in [0.05, 0.1) is 11.5 Å². The minimum Gasteiger partial charge on any atom is -0.355 e. The zero-order valence-corrected chi connectivity index (χ0v) is 16.4. The van der Waals surface area contributed by atoms with Crippen molar-refractivity contribution in [3.63, 3.8) is 0 Å². The molecule has 2 heterocycles. The van der Waals surface area contributed by atoms with Crippen molar-refractivity contribution in [3.8, 4) is 0 Å². The third-order valence-corrected chi connectivity index (χ3v) is 7.10. The molecule has 0 aliphatic carbocycles. The van der Waals surface area contributed by atoms with Crippen molar-refractivity contribution in [2.24, 2.45) is 16.8 Å². The van der Waals surface area contributed by atoms with Crippen LogP contribution < -0.4 is 10.6 Å². The maximum Gasteiger partial charge on any atom is 0.191 e. The number of likely N-dealkylation sites (tertiary alicyclic amines) is 1. The first-order chi connectivity index (χ1) is 11.3. The molecule has 2 unspecified atom stereocenters. The molecule has 140 valence electrons. The molecular formula is C17H34N4O2S. The molecule has 0 aromatic rings. The molecule has 2 N–H and O–H groups in total. The molecule has 0 aromatic heterocycles. The van der Waals surface area contributed by atoms with E-state index in [1.165, 1.54) is 25.9 Å². The second-order valence-corrected chi connectivity index (χ2v) is 9.96. The fraction of sp³-hybridized carbons (Fsp3) is 0.941. The third kappa shape index (κ3) is 5.62. The minimum absolute atomic E-state index is 0.0189. The fourth-order valence-electron chi connectivity index (χ4n) is 3.64. The van der Waals surface area contributed by atoms with Crippen LogP contribution in [0.15, 0.2) is 4.99 Å². The van der Waals surface area contributed by atoms with E-state index < -0.39 is 9.84 Å². The molecular weight excluding hydrogens is 324 g/mol. The number of hydrogen-bond donors (Lipinski definition) is 2. The molecule has 6 nitrogen and oxygen atoms in total. The van der Waals surface area contributed by atoms with Crippen LogP contribution in [0.2, 0.25) is 0 Å². The van der Waals surface area contributed by atoms with Crippen molar-refractivity contribution in [3.05, 3.63) is 0 Å². The van der Waals surface area contributed by atoms with Crippen LogP contribution in [-0.4, -0.2) is 69.5 Å². The van der Waals surface area contributed by atoms with Crippen molar-refractivity contribution in [2.45, 2.75) is 52.1 Å². The number of aliphatic imine (C=N–C) groups is 1. The Bertz CT molecular complexity index is 525.